The smallest absolute Gasteiger partial charge is 0.269 e. The highest BCUT2D eigenvalue weighted by Crippen LogP contribution is 2.31. The third-order valence-electron chi connectivity index (χ3n) is 5.75. The molecule has 11 nitrogen and oxygen atoms in total. The minimum Gasteiger partial charge on any atom is -0.325 e. The first kappa shape index (κ1) is 26.1. The van der Waals surface area contributed by atoms with Crippen molar-refractivity contribution >= 4 is 48.9 Å². The number of carbonyl (C=O) groups is 1. The number of hydrogen-bond donors (Lipinski definition) is 1. The first-order valence-electron chi connectivity index (χ1n) is 11.3. The summed E-state index contributed by atoms with van der Waals surface area (Å²) >= 11 is 1.26. The van der Waals surface area contributed by atoms with E-state index in [4.69, 9.17) is 0 Å². The van der Waals surface area contributed by atoms with E-state index in [0.29, 0.717) is 40.1 Å². The monoisotopic (exact) mass is 541 g/mol. The molecule has 2 aromatic heterocycles. The second-order valence-corrected chi connectivity index (χ2v) is 10.8. The lowest BCUT2D eigenvalue weighted by atomic mass is 10.1. The standard InChI is InChI=1S/C24H23N5O6S2/c1-3-28(4-2)37(34,35)19-11-7-17(8-12-19)26-21(30)13-27-15-25-23-22(24(27)31)20(14-36-23)16-5-9-18(10-6-16)29(32)33/h5-12,14-15H,3-4,13H2,1-2H3,(H,26,30). The molecule has 2 aromatic carbocycles. The van der Waals surface area contributed by atoms with E-state index in [0.717, 1.165) is 0 Å². The van der Waals surface area contributed by atoms with Crippen LogP contribution in [0.3, 0.4) is 0 Å². The van der Waals surface area contributed by atoms with E-state index in [1.165, 1.54) is 62.9 Å². The summed E-state index contributed by atoms with van der Waals surface area (Å²) in [5.41, 5.74) is 1.10. The Kier molecular flexibility index (Phi) is 7.47. The van der Waals surface area contributed by atoms with Crippen LogP contribution in [0.1, 0.15) is 13.8 Å². The van der Waals surface area contributed by atoms with Gasteiger partial charge in [-0.1, -0.05) is 13.8 Å². The van der Waals surface area contributed by atoms with Crippen LogP contribution in [0.25, 0.3) is 21.3 Å². The molecule has 0 bridgehead atoms. The number of sulfonamides is 1. The first-order valence-corrected chi connectivity index (χ1v) is 13.6. The molecule has 0 unspecified atom stereocenters. The number of nitrogens with zero attached hydrogens (tertiary/aromatic N) is 4. The number of anilines is 1. The lowest BCUT2D eigenvalue weighted by Gasteiger charge is -2.18. The molecule has 0 radical (unpaired) electrons. The van der Waals surface area contributed by atoms with E-state index < -0.39 is 26.4 Å². The molecule has 0 atom stereocenters. The molecule has 4 rings (SSSR count). The molecule has 37 heavy (non-hydrogen) atoms. The van der Waals surface area contributed by atoms with E-state index in [9.17, 15) is 28.1 Å². The molecule has 1 amide bonds. The fourth-order valence-corrected chi connectivity index (χ4v) is 6.20. The predicted molar refractivity (Wildman–Crippen MR) is 141 cm³/mol. The third kappa shape index (κ3) is 5.28. The van der Waals surface area contributed by atoms with E-state index in [-0.39, 0.29) is 17.1 Å². The van der Waals surface area contributed by atoms with Crippen molar-refractivity contribution in [1.29, 1.82) is 0 Å². The van der Waals surface area contributed by atoms with Gasteiger partial charge in [-0.15, -0.1) is 11.3 Å². The molecule has 0 saturated carbocycles. The molecule has 0 aliphatic heterocycles. The average Bonchev–Trinajstić information content (AvgIpc) is 3.31. The molecule has 0 fully saturated rings. The second-order valence-electron chi connectivity index (χ2n) is 7.97. The van der Waals surface area contributed by atoms with Crippen LogP contribution in [-0.4, -0.2) is 46.2 Å². The van der Waals surface area contributed by atoms with Crippen molar-refractivity contribution in [3.63, 3.8) is 0 Å². The van der Waals surface area contributed by atoms with Gasteiger partial charge >= 0.3 is 0 Å². The summed E-state index contributed by atoms with van der Waals surface area (Å²) in [6.45, 7) is 3.90. The van der Waals surface area contributed by atoms with Gasteiger partial charge < -0.3 is 5.32 Å². The van der Waals surface area contributed by atoms with E-state index in [1.807, 2.05) is 0 Å². The molecule has 0 aliphatic carbocycles. The fourth-order valence-electron chi connectivity index (χ4n) is 3.83. The first-order chi connectivity index (χ1) is 17.6. The summed E-state index contributed by atoms with van der Waals surface area (Å²) in [6, 6.07) is 11.7. The minimum atomic E-state index is -3.61. The van der Waals surface area contributed by atoms with Gasteiger partial charge in [-0.3, -0.25) is 24.3 Å². The largest absolute Gasteiger partial charge is 0.325 e. The average molecular weight is 542 g/mol. The van der Waals surface area contributed by atoms with Crippen LogP contribution in [0, 0.1) is 10.1 Å². The highest BCUT2D eigenvalue weighted by molar-refractivity contribution is 7.89. The van der Waals surface area contributed by atoms with Crippen LogP contribution >= 0.6 is 11.3 Å². The molecular weight excluding hydrogens is 518 g/mol. The van der Waals surface area contributed by atoms with Gasteiger partial charge in [0.15, 0.2) is 0 Å². The number of thiophene rings is 1. The summed E-state index contributed by atoms with van der Waals surface area (Å²) in [5, 5.41) is 15.7. The van der Waals surface area contributed by atoms with Crippen LogP contribution in [0.4, 0.5) is 11.4 Å². The maximum Gasteiger partial charge on any atom is 0.269 e. The number of rotatable bonds is 9. The summed E-state index contributed by atoms with van der Waals surface area (Å²) in [6.07, 6.45) is 1.29. The van der Waals surface area contributed by atoms with Crippen molar-refractivity contribution in [3.05, 3.63) is 80.7 Å². The van der Waals surface area contributed by atoms with Gasteiger partial charge in [0.05, 0.1) is 21.5 Å². The Labute approximate surface area is 216 Å². The zero-order valence-electron chi connectivity index (χ0n) is 19.9. The normalized spacial score (nSPS) is 11.6. The molecule has 13 heteroatoms. The molecule has 1 N–H and O–H groups in total. The minimum absolute atomic E-state index is 0.0609. The molecule has 0 aliphatic rings. The maximum absolute atomic E-state index is 13.2. The van der Waals surface area contributed by atoms with Crippen molar-refractivity contribution in [2.45, 2.75) is 25.3 Å². The molecule has 4 aromatic rings. The quantitative estimate of drug-likeness (QED) is 0.251. The van der Waals surface area contributed by atoms with Gasteiger partial charge in [0, 0.05) is 41.9 Å². The van der Waals surface area contributed by atoms with Crippen molar-refractivity contribution in [1.82, 2.24) is 13.9 Å². The van der Waals surface area contributed by atoms with Crippen LogP contribution in [0.5, 0.6) is 0 Å². The molecule has 0 saturated heterocycles. The van der Waals surface area contributed by atoms with Crippen molar-refractivity contribution in [2.75, 3.05) is 18.4 Å². The van der Waals surface area contributed by atoms with Crippen molar-refractivity contribution in [3.8, 4) is 11.1 Å². The topological polar surface area (TPSA) is 145 Å². The lowest BCUT2D eigenvalue weighted by molar-refractivity contribution is -0.384. The van der Waals surface area contributed by atoms with Gasteiger partial charge in [-0.25, -0.2) is 13.4 Å². The van der Waals surface area contributed by atoms with E-state index >= 15 is 0 Å². The highest BCUT2D eigenvalue weighted by atomic mass is 32.2. The summed E-state index contributed by atoms with van der Waals surface area (Å²) in [7, 11) is -3.61. The number of benzene rings is 2. The highest BCUT2D eigenvalue weighted by Gasteiger charge is 2.21. The number of fused-ring (bicyclic) bond motifs is 1. The van der Waals surface area contributed by atoms with E-state index in [1.54, 1.807) is 31.4 Å². The Morgan fingerprint density at radius 1 is 1.11 bits per heavy atom. The SMILES string of the molecule is CCN(CC)S(=O)(=O)c1ccc(NC(=O)Cn2cnc3scc(-c4ccc([N+](=O)[O-])cc4)c3c2=O)cc1. The van der Waals surface area contributed by atoms with Crippen molar-refractivity contribution in [2.24, 2.45) is 0 Å². The number of non-ortho nitro benzene ring substituents is 1. The zero-order valence-corrected chi connectivity index (χ0v) is 21.6. The predicted octanol–water partition coefficient (Wildman–Crippen LogP) is 3.70. The van der Waals surface area contributed by atoms with Gasteiger partial charge in [0.25, 0.3) is 11.2 Å². The number of amides is 1. The molecule has 0 spiro atoms. The molecule has 2 heterocycles. The zero-order chi connectivity index (χ0) is 26.7. The molecule has 192 valence electrons. The number of nitro benzene ring substituents is 1. The maximum atomic E-state index is 13.2. The van der Waals surface area contributed by atoms with Gasteiger partial charge in [-0.05, 0) is 42.0 Å². The Morgan fingerprint density at radius 2 is 1.76 bits per heavy atom. The Balaban J connectivity index is 1.54. The number of hydrogen-bond acceptors (Lipinski definition) is 8. The van der Waals surface area contributed by atoms with Gasteiger partial charge in [-0.2, -0.15) is 4.31 Å². The fraction of sp³-hybridized carbons (Fsp3) is 0.208. The van der Waals surface area contributed by atoms with Gasteiger partial charge in [0.2, 0.25) is 15.9 Å². The third-order valence-corrected chi connectivity index (χ3v) is 8.70. The number of carbonyl (C=O) groups excluding carboxylic acids is 1. The Morgan fingerprint density at radius 3 is 2.35 bits per heavy atom. The Hall–Kier alpha value is -3.94. The van der Waals surface area contributed by atoms with Crippen LogP contribution in [0.15, 0.2) is 69.9 Å². The molecular formula is C24H23N5O6S2. The van der Waals surface area contributed by atoms with Crippen LogP contribution in [-0.2, 0) is 21.4 Å². The Bertz CT molecular complexity index is 1620. The van der Waals surface area contributed by atoms with E-state index in [2.05, 4.69) is 10.3 Å². The lowest BCUT2D eigenvalue weighted by Crippen LogP contribution is -2.30. The second kappa shape index (κ2) is 10.6. The number of aromatic nitrogens is 2. The summed E-state index contributed by atoms with van der Waals surface area (Å²) in [5.74, 6) is -0.491. The van der Waals surface area contributed by atoms with Crippen molar-refractivity contribution < 1.29 is 18.1 Å². The summed E-state index contributed by atoms with van der Waals surface area (Å²) in [4.78, 5) is 41.2. The number of nitrogens with one attached hydrogen (secondary N) is 1. The summed E-state index contributed by atoms with van der Waals surface area (Å²) < 4.78 is 27.8. The number of nitro groups is 1. The van der Waals surface area contributed by atoms with Crippen LogP contribution < -0.4 is 10.9 Å². The van der Waals surface area contributed by atoms with Crippen LogP contribution in [0.2, 0.25) is 0 Å². The van der Waals surface area contributed by atoms with Gasteiger partial charge in [0.1, 0.15) is 11.4 Å².